The number of halogens is 2. The largest absolute Gasteiger partial charge is 1.00 e. The maximum absolute atomic E-state index is 5.83. The quantitative estimate of drug-likeness (QED) is 0.239. The molecule has 2 N–H and O–H groups in total. The minimum Gasteiger partial charge on any atom is -1.00 e. The number of nitrogens with zero attached hydrogens (tertiary/aromatic N) is 1. The van der Waals surface area contributed by atoms with E-state index in [2.05, 4.69) is 0 Å². The molecule has 1 fully saturated rings. The van der Waals surface area contributed by atoms with Gasteiger partial charge >= 0.3 is 0 Å². The SMILES string of the molecule is C[N+](C)(N)CC1(CCl)COC1.[Cl-]. The second kappa shape index (κ2) is 4.11. The van der Waals surface area contributed by atoms with Crippen LogP contribution >= 0.6 is 11.6 Å². The summed E-state index contributed by atoms with van der Waals surface area (Å²) in [6.45, 7) is 2.40. The predicted molar refractivity (Wildman–Crippen MR) is 45.1 cm³/mol. The Morgan fingerprint density at radius 1 is 1.50 bits per heavy atom. The summed E-state index contributed by atoms with van der Waals surface area (Å²) in [7, 11) is 3.93. The molecule has 0 amide bonds. The molecule has 0 aromatic rings. The number of quaternary nitrogens is 1. The van der Waals surface area contributed by atoms with Gasteiger partial charge in [-0.05, 0) is 0 Å². The minimum absolute atomic E-state index is 0. The van der Waals surface area contributed by atoms with Crippen molar-refractivity contribution in [3.63, 3.8) is 0 Å². The highest BCUT2D eigenvalue weighted by Gasteiger charge is 2.42. The number of rotatable bonds is 3. The van der Waals surface area contributed by atoms with E-state index in [0.29, 0.717) is 10.5 Å². The molecule has 1 aliphatic heterocycles. The van der Waals surface area contributed by atoms with Crippen LogP contribution in [0.15, 0.2) is 0 Å². The molecule has 0 aliphatic carbocycles. The van der Waals surface area contributed by atoms with Crippen molar-refractivity contribution in [1.29, 1.82) is 0 Å². The van der Waals surface area contributed by atoms with E-state index in [4.69, 9.17) is 22.2 Å². The molecule has 12 heavy (non-hydrogen) atoms. The lowest BCUT2D eigenvalue weighted by atomic mass is 9.88. The van der Waals surface area contributed by atoms with Crippen molar-refractivity contribution in [2.45, 2.75) is 0 Å². The monoisotopic (exact) mass is 214 g/mol. The first kappa shape index (κ1) is 12.5. The van der Waals surface area contributed by atoms with E-state index in [1.54, 1.807) is 0 Å². The average Bonchev–Trinajstić information content (AvgIpc) is 1.77. The maximum atomic E-state index is 5.83. The van der Waals surface area contributed by atoms with E-state index in [9.17, 15) is 0 Å². The molecule has 0 saturated carbocycles. The van der Waals surface area contributed by atoms with Crippen molar-refractivity contribution in [1.82, 2.24) is 0 Å². The van der Waals surface area contributed by atoms with E-state index in [-0.39, 0.29) is 17.8 Å². The summed E-state index contributed by atoms with van der Waals surface area (Å²) in [6, 6.07) is 0. The van der Waals surface area contributed by atoms with E-state index < -0.39 is 0 Å². The molecule has 1 rings (SSSR count). The number of ether oxygens (including phenoxy) is 1. The molecule has 3 nitrogen and oxygen atoms in total. The van der Waals surface area contributed by atoms with Crippen LogP contribution in [0.1, 0.15) is 0 Å². The summed E-state index contributed by atoms with van der Waals surface area (Å²) in [5.41, 5.74) is 0.139. The summed E-state index contributed by atoms with van der Waals surface area (Å²) in [6.07, 6.45) is 0. The van der Waals surface area contributed by atoms with Gasteiger partial charge in [-0.2, -0.15) is 5.84 Å². The molecule has 0 aromatic heterocycles. The van der Waals surface area contributed by atoms with Crippen LogP contribution in [0.25, 0.3) is 0 Å². The van der Waals surface area contributed by atoms with Crippen LogP contribution in [0.3, 0.4) is 0 Å². The Labute approximate surface area is 84.8 Å². The Kier molecular flexibility index (Phi) is 4.27. The molecule has 0 unspecified atom stereocenters. The third-order valence-corrected chi connectivity index (χ3v) is 2.41. The van der Waals surface area contributed by atoms with Crippen LogP contribution in [-0.4, -0.2) is 44.3 Å². The van der Waals surface area contributed by atoms with Crippen molar-refractivity contribution < 1.29 is 21.7 Å². The zero-order valence-electron chi connectivity index (χ0n) is 7.52. The van der Waals surface area contributed by atoms with Gasteiger partial charge in [0, 0.05) is 5.88 Å². The zero-order chi connectivity index (χ0) is 8.54. The Morgan fingerprint density at radius 3 is 2.08 bits per heavy atom. The fourth-order valence-corrected chi connectivity index (χ4v) is 1.70. The van der Waals surface area contributed by atoms with Crippen molar-refractivity contribution in [3.8, 4) is 0 Å². The highest BCUT2D eigenvalue weighted by Crippen LogP contribution is 2.30. The van der Waals surface area contributed by atoms with Gasteiger partial charge in [0.25, 0.3) is 0 Å². The lowest BCUT2D eigenvalue weighted by Gasteiger charge is -2.42. The van der Waals surface area contributed by atoms with Crippen LogP contribution in [0, 0.1) is 5.41 Å². The summed E-state index contributed by atoms with van der Waals surface area (Å²) in [5.74, 6) is 6.47. The second-order valence-corrected chi connectivity index (χ2v) is 4.33. The summed E-state index contributed by atoms with van der Waals surface area (Å²) in [4.78, 5) is 0. The van der Waals surface area contributed by atoms with Gasteiger partial charge in [0.15, 0.2) is 0 Å². The lowest BCUT2D eigenvalue weighted by molar-refractivity contribution is -0.910. The Morgan fingerprint density at radius 2 is 2.00 bits per heavy atom. The second-order valence-electron chi connectivity index (χ2n) is 4.06. The molecule has 74 valence electrons. The van der Waals surface area contributed by atoms with E-state index in [0.717, 1.165) is 19.8 Å². The summed E-state index contributed by atoms with van der Waals surface area (Å²) in [5, 5.41) is 0. The van der Waals surface area contributed by atoms with Crippen LogP contribution < -0.4 is 18.2 Å². The van der Waals surface area contributed by atoms with Crippen molar-refractivity contribution in [2.24, 2.45) is 11.3 Å². The molecular weight excluding hydrogens is 199 g/mol. The van der Waals surface area contributed by atoms with Gasteiger partial charge in [-0.15, -0.1) is 11.6 Å². The van der Waals surface area contributed by atoms with Gasteiger partial charge in [0.2, 0.25) is 0 Å². The molecule has 0 atom stereocenters. The van der Waals surface area contributed by atoms with Crippen LogP contribution in [0.5, 0.6) is 0 Å². The summed E-state index contributed by atoms with van der Waals surface area (Å²) >= 11 is 5.82. The first-order chi connectivity index (χ1) is 4.97. The number of nitrogens with two attached hydrogens (primary N) is 1. The molecule has 1 heterocycles. The number of hydrogen-bond donors (Lipinski definition) is 1. The number of hydrogen-bond acceptors (Lipinski definition) is 2. The highest BCUT2D eigenvalue weighted by atomic mass is 35.5. The average molecular weight is 215 g/mol. The normalized spacial score (nSPS) is 21.0. The van der Waals surface area contributed by atoms with E-state index in [1.165, 1.54) is 0 Å². The van der Waals surface area contributed by atoms with Gasteiger partial charge < -0.3 is 17.1 Å². The van der Waals surface area contributed by atoms with E-state index >= 15 is 0 Å². The van der Waals surface area contributed by atoms with Gasteiger partial charge in [-0.25, -0.2) is 0 Å². The molecule has 0 radical (unpaired) electrons. The van der Waals surface area contributed by atoms with Gasteiger partial charge in [-0.1, -0.05) is 0 Å². The predicted octanol–water partition coefficient (Wildman–Crippen LogP) is -2.80. The van der Waals surface area contributed by atoms with E-state index in [1.807, 2.05) is 14.1 Å². The zero-order valence-corrected chi connectivity index (χ0v) is 9.03. The van der Waals surface area contributed by atoms with Gasteiger partial charge in [-0.3, -0.25) is 4.59 Å². The third kappa shape index (κ3) is 3.07. The van der Waals surface area contributed by atoms with Gasteiger partial charge in [0.05, 0.1) is 32.7 Å². The standard InChI is InChI=1S/C7H16ClN2O.ClH/c1-10(2,9)4-7(3-8)5-11-6-7;/h3-6,9H2,1-2H3;1H/q+1;/p-1. The highest BCUT2D eigenvalue weighted by molar-refractivity contribution is 6.18. The number of alkyl halides is 1. The minimum atomic E-state index is 0. The third-order valence-electron chi connectivity index (χ3n) is 1.84. The molecule has 1 aliphatic rings. The van der Waals surface area contributed by atoms with Gasteiger partial charge in [0.1, 0.15) is 6.54 Å². The molecule has 1 saturated heterocycles. The maximum Gasteiger partial charge on any atom is 0.107 e. The fourth-order valence-electron chi connectivity index (χ4n) is 1.47. The molecule has 5 heteroatoms. The fraction of sp³-hybridized carbons (Fsp3) is 1.00. The van der Waals surface area contributed by atoms with Crippen molar-refractivity contribution in [3.05, 3.63) is 0 Å². The first-order valence-corrected chi connectivity index (χ1v) is 4.26. The smallest absolute Gasteiger partial charge is 0.107 e. The Bertz CT molecular complexity index is 137. The molecule has 0 aromatic carbocycles. The molecule has 0 bridgehead atoms. The molecule has 0 spiro atoms. The van der Waals surface area contributed by atoms with Crippen LogP contribution in [0.4, 0.5) is 0 Å². The molecular formula is C7H16Cl2N2O. The summed E-state index contributed by atoms with van der Waals surface area (Å²) < 4.78 is 5.59. The Balaban J connectivity index is 0.00000121. The van der Waals surface area contributed by atoms with Crippen molar-refractivity contribution >= 4 is 11.6 Å². The first-order valence-electron chi connectivity index (χ1n) is 3.73. The topological polar surface area (TPSA) is 35.2 Å². The Hall–Kier alpha value is 0.460. The van der Waals surface area contributed by atoms with Crippen molar-refractivity contribution in [2.75, 3.05) is 39.7 Å². The van der Waals surface area contributed by atoms with Crippen LogP contribution in [-0.2, 0) is 4.74 Å². The van der Waals surface area contributed by atoms with Crippen LogP contribution in [0.2, 0.25) is 0 Å². The lowest BCUT2D eigenvalue weighted by Crippen LogP contribution is -3.00.